The highest BCUT2D eigenvalue weighted by Crippen LogP contribution is 2.20. The summed E-state index contributed by atoms with van der Waals surface area (Å²) in [6, 6.07) is 6.10. The molecule has 0 fully saturated rings. The summed E-state index contributed by atoms with van der Waals surface area (Å²) < 4.78 is 5.25. The molecule has 0 saturated carbocycles. The molecule has 0 saturated heterocycles. The highest BCUT2D eigenvalue weighted by molar-refractivity contribution is 5.77. The van der Waals surface area contributed by atoms with E-state index in [4.69, 9.17) is 10.3 Å². The molecule has 2 aromatic rings. The van der Waals surface area contributed by atoms with Crippen LogP contribution in [0.25, 0.3) is 11.1 Å². The second kappa shape index (κ2) is 2.49. The maximum atomic E-state index is 5.25. The summed E-state index contributed by atoms with van der Waals surface area (Å²) in [7, 11) is 0. The molecule has 1 aromatic heterocycles. The molecule has 3 N–H and O–H groups in total. The maximum absolute atomic E-state index is 5.25. The van der Waals surface area contributed by atoms with Crippen LogP contribution in [0.1, 0.15) is 5.56 Å². The number of nitrogen functional groups attached to an aromatic ring is 1. The van der Waals surface area contributed by atoms with E-state index in [9.17, 15) is 0 Å². The van der Waals surface area contributed by atoms with Gasteiger partial charge in [-0.3, -0.25) is 5.43 Å². The number of aromatic nitrogens is 1. The van der Waals surface area contributed by atoms with Gasteiger partial charge >= 0.3 is 6.01 Å². The Morgan fingerprint density at radius 1 is 1.50 bits per heavy atom. The zero-order valence-corrected chi connectivity index (χ0v) is 6.66. The fraction of sp³-hybridized carbons (Fsp3) is 0.125. The minimum atomic E-state index is 0.347. The molecule has 12 heavy (non-hydrogen) atoms. The van der Waals surface area contributed by atoms with Crippen molar-refractivity contribution >= 4 is 17.1 Å². The largest absolute Gasteiger partial charge is 0.423 e. The second-order valence-corrected chi connectivity index (χ2v) is 2.59. The summed E-state index contributed by atoms with van der Waals surface area (Å²) >= 11 is 0. The van der Waals surface area contributed by atoms with Gasteiger partial charge < -0.3 is 4.42 Å². The third-order valence-electron chi connectivity index (χ3n) is 1.74. The van der Waals surface area contributed by atoms with Gasteiger partial charge in [0.25, 0.3) is 0 Å². The van der Waals surface area contributed by atoms with Crippen LogP contribution in [-0.4, -0.2) is 4.98 Å². The lowest BCUT2D eigenvalue weighted by Crippen LogP contribution is -2.06. The smallest absolute Gasteiger partial charge is 0.310 e. The van der Waals surface area contributed by atoms with Gasteiger partial charge in [-0.05, 0) is 18.6 Å². The number of hydrogen-bond acceptors (Lipinski definition) is 4. The van der Waals surface area contributed by atoms with Crippen LogP contribution < -0.4 is 11.3 Å². The average Bonchev–Trinajstić information content (AvgIpc) is 2.49. The molecule has 0 spiro atoms. The Morgan fingerprint density at radius 3 is 3.00 bits per heavy atom. The van der Waals surface area contributed by atoms with E-state index in [1.54, 1.807) is 0 Å². The SMILES string of the molecule is Cc1cccc2oc(NN)nc12. The van der Waals surface area contributed by atoms with Gasteiger partial charge in [-0.1, -0.05) is 12.1 Å². The monoisotopic (exact) mass is 163 g/mol. The first-order valence-electron chi connectivity index (χ1n) is 3.64. The van der Waals surface area contributed by atoms with Crippen LogP contribution in [0.2, 0.25) is 0 Å². The summed E-state index contributed by atoms with van der Waals surface area (Å²) in [4.78, 5) is 4.13. The number of aryl methyl sites for hydroxylation is 1. The Bertz CT molecular complexity index is 408. The van der Waals surface area contributed by atoms with Crippen LogP contribution in [0.3, 0.4) is 0 Å². The van der Waals surface area contributed by atoms with E-state index in [1.807, 2.05) is 25.1 Å². The molecule has 1 heterocycles. The predicted molar refractivity (Wildman–Crippen MR) is 46.6 cm³/mol. The number of hydrogen-bond donors (Lipinski definition) is 2. The van der Waals surface area contributed by atoms with Gasteiger partial charge in [0.1, 0.15) is 5.52 Å². The van der Waals surface area contributed by atoms with Crippen LogP contribution in [0.15, 0.2) is 22.6 Å². The van der Waals surface area contributed by atoms with Crippen molar-refractivity contribution in [1.82, 2.24) is 4.98 Å². The summed E-state index contributed by atoms with van der Waals surface area (Å²) in [5.41, 5.74) is 5.05. The Labute approximate surface area is 69.4 Å². The van der Waals surface area contributed by atoms with Gasteiger partial charge in [0.15, 0.2) is 5.58 Å². The molecule has 2 rings (SSSR count). The molecular formula is C8H9N3O. The molecule has 0 amide bonds. The Morgan fingerprint density at radius 2 is 2.33 bits per heavy atom. The molecule has 4 nitrogen and oxygen atoms in total. The topological polar surface area (TPSA) is 64.1 Å². The minimum absolute atomic E-state index is 0.347. The molecular weight excluding hydrogens is 154 g/mol. The number of fused-ring (bicyclic) bond motifs is 1. The van der Waals surface area contributed by atoms with E-state index < -0.39 is 0 Å². The van der Waals surface area contributed by atoms with E-state index >= 15 is 0 Å². The molecule has 4 heteroatoms. The Hall–Kier alpha value is -1.55. The van der Waals surface area contributed by atoms with E-state index in [-0.39, 0.29) is 0 Å². The van der Waals surface area contributed by atoms with Crippen LogP contribution in [0, 0.1) is 6.92 Å². The van der Waals surface area contributed by atoms with E-state index in [1.165, 1.54) is 0 Å². The normalized spacial score (nSPS) is 10.5. The number of hydrazine groups is 1. The van der Waals surface area contributed by atoms with Crippen molar-refractivity contribution in [3.8, 4) is 0 Å². The molecule has 0 atom stereocenters. The van der Waals surface area contributed by atoms with E-state index in [0.29, 0.717) is 6.01 Å². The number of rotatable bonds is 1. The van der Waals surface area contributed by atoms with Crippen molar-refractivity contribution in [3.63, 3.8) is 0 Å². The predicted octanol–water partition coefficient (Wildman–Crippen LogP) is 1.42. The lowest BCUT2D eigenvalue weighted by atomic mass is 10.2. The number of para-hydroxylation sites is 1. The third-order valence-corrected chi connectivity index (χ3v) is 1.74. The van der Waals surface area contributed by atoms with Crippen LogP contribution in [-0.2, 0) is 0 Å². The number of oxazole rings is 1. The minimum Gasteiger partial charge on any atom is -0.423 e. The first-order chi connectivity index (χ1) is 5.81. The summed E-state index contributed by atoms with van der Waals surface area (Å²) in [6.45, 7) is 1.98. The number of anilines is 1. The standard InChI is InChI=1S/C8H9N3O/c1-5-3-2-4-6-7(5)10-8(11-9)12-6/h2-4H,9H2,1H3,(H,10,11). The maximum Gasteiger partial charge on any atom is 0.310 e. The van der Waals surface area contributed by atoms with Crippen molar-refractivity contribution in [1.29, 1.82) is 0 Å². The quantitative estimate of drug-likeness (QED) is 0.493. The number of nitrogens with zero attached hydrogens (tertiary/aromatic N) is 1. The van der Waals surface area contributed by atoms with Crippen molar-refractivity contribution in [3.05, 3.63) is 23.8 Å². The van der Waals surface area contributed by atoms with Crippen LogP contribution in [0.5, 0.6) is 0 Å². The van der Waals surface area contributed by atoms with E-state index in [0.717, 1.165) is 16.7 Å². The van der Waals surface area contributed by atoms with Crippen molar-refractivity contribution in [2.24, 2.45) is 5.84 Å². The molecule has 1 aromatic carbocycles. The number of benzene rings is 1. The van der Waals surface area contributed by atoms with Crippen molar-refractivity contribution in [2.75, 3.05) is 5.43 Å². The molecule has 0 aliphatic carbocycles. The van der Waals surface area contributed by atoms with E-state index in [2.05, 4.69) is 10.4 Å². The van der Waals surface area contributed by atoms with Gasteiger partial charge in [-0.25, -0.2) is 5.84 Å². The van der Waals surface area contributed by atoms with Gasteiger partial charge in [-0.2, -0.15) is 4.98 Å². The third kappa shape index (κ3) is 0.931. The summed E-state index contributed by atoms with van der Waals surface area (Å²) in [6.07, 6.45) is 0. The first kappa shape index (κ1) is 7.12. The van der Waals surface area contributed by atoms with Gasteiger partial charge in [0, 0.05) is 0 Å². The van der Waals surface area contributed by atoms with Gasteiger partial charge in [0.2, 0.25) is 0 Å². The molecule has 0 unspecified atom stereocenters. The Kier molecular flexibility index (Phi) is 1.48. The Balaban J connectivity index is 2.74. The highest BCUT2D eigenvalue weighted by Gasteiger charge is 2.04. The molecule has 0 aliphatic rings. The molecule has 0 radical (unpaired) electrons. The molecule has 0 bridgehead atoms. The zero-order valence-electron chi connectivity index (χ0n) is 6.66. The second-order valence-electron chi connectivity index (χ2n) is 2.59. The lowest BCUT2D eigenvalue weighted by Gasteiger charge is -1.88. The zero-order chi connectivity index (χ0) is 8.55. The summed E-state index contributed by atoms with van der Waals surface area (Å²) in [5, 5.41) is 0. The van der Waals surface area contributed by atoms with Crippen LogP contribution in [0.4, 0.5) is 6.01 Å². The fourth-order valence-electron chi connectivity index (χ4n) is 1.15. The first-order valence-corrected chi connectivity index (χ1v) is 3.64. The molecule has 62 valence electrons. The van der Waals surface area contributed by atoms with Crippen LogP contribution >= 0.6 is 0 Å². The lowest BCUT2D eigenvalue weighted by molar-refractivity contribution is 0.617. The van der Waals surface area contributed by atoms with Gasteiger partial charge in [0.05, 0.1) is 0 Å². The van der Waals surface area contributed by atoms with Gasteiger partial charge in [-0.15, -0.1) is 0 Å². The van der Waals surface area contributed by atoms with Crippen molar-refractivity contribution < 1.29 is 4.42 Å². The fourth-order valence-corrected chi connectivity index (χ4v) is 1.15. The number of nitrogens with one attached hydrogen (secondary N) is 1. The highest BCUT2D eigenvalue weighted by atomic mass is 16.4. The average molecular weight is 163 g/mol. The van der Waals surface area contributed by atoms with Crippen molar-refractivity contribution in [2.45, 2.75) is 6.92 Å². The summed E-state index contributed by atoms with van der Waals surface area (Å²) in [5.74, 6) is 5.16. The molecule has 0 aliphatic heterocycles. The number of nitrogens with two attached hydrogens (primary N) is 1.